The molecule has 4 aromatic carbocycles. The van der Waals surface area contributed by atoms with Gasteiger partial charge in [0.15, 0.2) is 5.43 Å². The van der Waals surface area contributed by atoms with Crippen LogP contribution in [0.3, 0.4) is 0 Å². The lowest BCUT2D eigenvalue weighted by molar-refractivity contribution is 0.463. The van der Waals surface area contributed by atoms with E-state index in [4.69, 9.17) is 14.4 Å². The predicted octanol–water partition coefficient (Wildman–Crippen LogP) is 9.82. The minimum absolute atomic E-state index is 0.138. The number of rotatable bonds is 7. The van der Waals surface area contributed by atoms with Crippen molar-refractivity contribution in [2.45, 2.75) is 40.8 Å². The Hall–Kier alpha value is -6.21. The molecule has 246 valence electrons. The molecule has 1 aliphatic heterocycles. The summed E-state index contributed by atoms with van der Waals surface area (Å²) in [5, 5.41) is 21.5. The molecule has 3 heterocycles. The van der Waals surface area contributed by atoms with Crippen molar-refractivity contribution < 1.29 is 9.52 Å². The molecule has 8 rings (SSSR count). The maximum atomic E-state index is 13.7. The van der Waals surface area contributed by atoms with E-state index in [1.54, 1.807) is 6.07 Å². The summed E-state index contributed by atoms with van der Waals surface area (Å²) in [5.41, 5.74) is 11.3. The quantitative estimate of drug-likeness (QED) is 0.147. The van der Waals surface area contributed by atoms with Crippen LogP contribution < -0.4 is 16.1 Å². The third-order valence-corrected chi connectivity index (χ3v) is 9.47. The zero-order valence-electron chi connectivity index (χ0n) is 28.4. The number of pyridine rings is 2. The van der Waals surface area contributed by atoms with E-state index in [9.17, 15) is 9.90 Å². The molecule has 6 aromatic rings. The molecule has 0 bridgehead atoms. The smallest absolute Gasteiger partial charge is 0.187 e. The lowest BCUT2D eigenvalue weighted by Crippen LogP contribution is -2.15. The van der Waals surface area contributed by atoms with Gasteiger partial charge in [-0.3, -0.25) is 14.8 Å². The lowest BCUT2D eigenvalue weighted by atomic mass is 9.89. The van der Waals surface area contributed by atoms with Crippen LogP contribution in [0.15, 0.2) is 112 Å². The number of nitrogens with zero attached hydrogens (tertiary/aromatic N) is 2. The van der Waals surface area contributed by atoms with Gasteiger partial charge in [0, 0.05) is 51.8 Å². The molecule has 0 spiro atoms. The van der Waals surface area contributed by atoms with Gasteiger partial charge in [-0.1, -0.05) is 66.2 Å². The summed E-state index contributed by atoms with van der Waals surface area (Å²) in [4.78, 5) is 23.2. The minimum Gasteiger partial charge on any atom is -0.507 e. The zero-order valence-corrected chi connectivity index (χ0v) is 28.4. The molecule has 0 fully saturated rings. The largest absolute Gasteiger partial charge is 0.507 e. The Bertz CT molecular complexity index is 2630. The highest BCUT2D eigenvalue weighted by molar-refractivity contribution is 6.04. The number of benzene rings is 5. The number of hydrogen-bond acceptors (Lipinski definition) is 7. The number of anilines is 2. The first-order chi connectivity index (χ1) is 24.2. The average Bonchev–Trinajstić information content (AvgIpc) is 3.11. The molecule has 2 aliphatic rings. The van der Waals surface area contributed by atoms with Crippen molar-refractivity contribution in [1.29, 1.82) is 0 Å². The first-order valence-electron chi connectivity index (χ1n) is 16.8. The lowest BCUT2D eigenvalue weighted by Gasteiger charge is -2.21. The first kappa shape index (κ1) is 31.1. The molecule has 0 saturated heterocycles. The van der Waals surface area contributed by atoms with Gasteiger partial charge in [-0.2, -0.15) is 0 Å². The molecule has 7 heteroatoms. The van der Waals surface area contributed by atoms with Gasteiger partial charge < -0.3 is 20.2 Å². The Labute approximate surface area is 289 Å². The Morgan fingerprint density at radius 1 is 0.680 bits per heavy atom. The minimum atomic E-state index is -0.138. The van der Waals surface area contributed by atoms with Crippen molar-refractivity contribution in [3.8, 4) is 28.2 Å². The van der Waals surface area contributed by atoms with Gasteiger partial charge in [0.2, 0.25) is 0 Å². The topological polar surface area (TPSA) is 100 Å². The van der Waals surface area contributed by atoms with Crippen LogP contribution in [0.5, 0.6) is 5.75 Å². The van der Waals surface area contributed by atoms with Gasteiger partial charge in [-0.05, 0) is 81.3 Å². The maximum absolute atomic E-state index is 13.7. The van der Waals surface area contributed by atoms with Crippen LogP contribution in [0.2, 0.25) is 0 Å². The van der Waals surface area contributed by atoms with Gasteiger partial charge in [0.1, 0.15) is 17.1 Å². The molecule has 0 amide bonds. The second-order valence-corrected chi connectivity index (χ2v) is 13.0. The molecule has 3 N–H and O–H groups in total. The van der Waals surface area contributed by atoms with Gasteiger partial charge in [-0.25, -0.2) is 0 Å². The molecule has 0 unspecified atom stereocenters. The second-order valence-electron chi connectivity index (χ2n) is 13.0. The third-order valence-electron chi connectivity index (χ3n) is 9.47. The van der Waals surface area contributed by atoms with E-state index in [-0.39, 0.29) is 24.3 Å². The van der Waals surface area contributed by atoms with Gasteiger partial charge in [0.25, 0.3) is 0 Å². The first-order valence-corrected chi connectivity index (χ1v) is 16.8. The molecule has 50 heavy (non-hydrogen) atoms. The Morgan fingerprint density at radius 2 is 1.28 bits per heavy atom. The predicted molar refractivity (Wildman–Crippen MR) is 203 cm³/mol. The summed E-state index contributed by atoms with van der Waals surface area (Å²) >= 11 is 0. The summed E-state index contributed by atoms with van der Waals surface area (Å²) in [7, 11) is 0. The molecule has 0 saturated carbocycles. The second kappa shape index (κ2) is 12.3. The normalized spacial score (nSPS) is 11.5. The third kappa shape index (κ3) is 5.47. The highest BCUT2D eigenvalue weighted by Crippen LogP contribution is 2.45. The fourth-order valence-electron chi connectivity index (χ4n) is 6.84. The number of phenolic OH excluding ortho intramolecular Hbond substituents is 1. The van der Waals surface area contributed by atoms with Crippen LogP contribution in [0.1, 0.15) is 33.6 Å². The van der Waals surface area contributed by atoms with E-state index in [2.05, 4.69) is 54.0 Å². The Kier molecular flexibility index (Phi) is 7.68. The zero-order chi connectivity index (χ0) is 34.5. The standard InChI is InChI=1S/C43H36N4O3/c1-24-11-15-28(16-12-24)38-31-19-20-37(48)33(22-44-35-9-5-7-29-17-13-26(3)46-39(29)35)42(31)50-43-32(38)21-25(2)41(49)34(43)23-45-36-10-6-8-30-18-14-27(4)47-40(30)36/h5-21,44-45,49H,22-23H2,1-4H3. The van der Waals surface area contributed by atoms with Crippen LogP contribution in [0.25, 0.3) is 55.2 Å². The van der Waals surface area contributed by atoms with Crippen molar-refractivity contribution in [1.82, 2.24) is 9.97 Å². The Morgan fingerprint density at radius 3 is 1.90 bits per heavy atom. The molecular formula is C43H36N4O3. The van der Waals surface area contributed by atoms with E-state index in [0.717, 1.165) is 77.8 Å². The fraction of sp³-hybridized carbons (Fsp3) is 0.140. The van der Waals surface area contributed by atoms with E-state index in [1.165, 1.54) is 0 Å². The van der Waals surface area contributed by atoms with E-state index in [0.29, 0.717) is 22.5 Å². The number of phenols is 1. The molecular weight excluding hydrogens is 620 g/mol. The number of aryl methyl sites for hydroxylation is 4. The van der Waals surface area contributed by atoms with Crippen LogP contribution in [-0.4, -0.2) is 15.1 Å². The van der Waals surface area contributed by atoms with E-state index < -0.39 is 0 Å². The molecule has 7 nitrogen and oxygen atoms in total. The van der Waals surface area contributed by atoms with Crippen molar-refractivity contribution in [2.75, 3.05) is 10.6 Å². The number of hydrogen-bond donors (Lipinski definition) is 3. The number of aromatic hydroxyl groups is 1. The summed E-state index contributed by atoms with van der Waals surface area (Å²) < 4.78 is 6.83. The number of para-hydroxylation sites is 2. The summed E-state index contributed by atoms with van der Waals surface area (Å²) in [5.74, 6) is 0.617. The van der Waals surface area contributed by atoms with Crippen LogP contribution >= 0.6 is 0 Å². The van der Waals surface area contributed by atoms with Crippen molar-refractivity contribution in [3.05, 3.63) is 147 Å². The summed E-state index contributed by atoms with van der Waals surface area (Å²) in [6.45, 7) is 8.40. The highest BCUT2D eigenvalue weighted by Gasteiger charge is 2.25. The fourth-order valence-corrected chi connectivity index (χ4v) is 6.84. The summed E-state index contributed by atoms with van der Waals surface area (Å²) in [6, 6.07) is 33.9. The highest BCUT2D eigenvalue weighted by atomic mass is 16.3. The average molecular weight is 657 g/mol. The number of aromatic nitrogens is 2. The summed E-state index contributed by atoms with van der Waals surface area (Å²) in [6.07, 6.45) is 0. The Balaban J connectivity index is 1.32. The van der Waals surface area contributed by atoms with Crippen LogP contribution in [0.4, 0.5) is 11.4 Å². The molecule has 1 aliphatic carbocycles. The van der Waals surface area contributed by atoms with Crippen molar-refractivity contribution >= 4 is 44.1 Å². The van der Waals surface area contributed by atoms with E-state index in [1.807, 2.05) is 81.4 Å². The SMILES string of the molecule is Cc1ccc(-c2c3ccc(=O)c(CNc4cccc5ccc(C)nc45)c-3oc3c(CNc4cccc5ccc(C)nc45)c(O)c(C)cc23)cc1. The maximum Gasteiger partial charge on any atom is 0.187 e. The van der Waals surface area contributed by atoms with Crippen LogP contribution in [-0.2, 0) is 13.1 Å². The van der Waals surface area contributed by atoms with Crippen LogP contribution in [0, 0.1) is 27.7 Å². The van der Waals surface area contributed by atoms with Gasteiger partial charge in [0.05, 0.1) is 33.5 Å². The monoisotopic (exact) mass is 656 g/mol. The molecule has 0 radical (unpaired) electrons. The number of fused-ring (bicyclic) bond motifs is 4. The van der Waals surface area contributed by atoms with Crippen molar-refractivity contribution in [2.24, 2.45) is 0 Å². The number of nitrogens with one attached hydrogen (secondary N) is 2. The van der Waals surface area contributed by atoms with E-state index >= 15 is 0 Å². The van der Waals surface area contributed by atoms with Crippen molar-refractivity contribution in [3.63, 3.8) is 0 Å². The molecule has 0 atom stereocenters. The molecule has 2 aromatic heterocycles. The van der Waals surface area contributed by atoms with Gasteiger partial charge >= 0.3 is 0 Å². The van der Waals surface area contributed by atoms with Gasteiger partial charge in [-0.15, -0.1) is 0 Å².